The number of nitrogens with zero attached hydrogens (tertiary/aromatic N) is 3. The Bertz CT molecular complexity index is 929. The van der Waals surface area contributed by atoms with Gasteiger partial charge in [0.1, 0.15) is 0 Å². The van der Waals surface area contributed by atoms with Crippen molar-refractivity contribution >= 4 is 29.0 Å². The van der Waals surface area contributed by atoms with E-state index < -0.39 is 0 Å². The van der Waals surface area contributed by atoms with Crippen molar-refractivity contribution < 1.29 is 14.4 Å². The first-order valence-corrected chi connectivity index (χ1v) is 10.5. The Hall–Kier alpha value is -3.15. The Morgan fingerprint density at radius 2 is 1.47 bits per heavy atom. The van der Waals surface area contributed by atoms with Gasteiger partial charge in [0.2, 0.25) is 11.8 Å². The number of carbonyl (C=O) groups is 3. The van der Waals surface area contributed by atoms with Gasteiger partial charge in [0, 0.05) is 56.1 Å². The highest BCUT2D eigenvalue weighted by Gasteiger charge is 2.23. The number of benzene rings is 2. The van der Waals surface area contributed by atoms with Gasteiger partial charge in [-0.25, -0.2) is 0 Å². The van der Waals surface area contributed by atoms with E-state index in [4.69, 9.17) is 0 Å². The van der Waals surface area contributed by atoms with Crippen LogP contribution in [-0.2, 0) is 16.0 Å². The van der Waals surface area contributed by atoms with Gasteiger partial charge >= 0.3 is 0 Å². The first-order valence-electron chi connectivity index (χ1n) is 10.5. The van der Waals surface area contributed by atoms with Crippen molar-refractivity contribution in [1.29, 1.82) is 0 Å². The van der Waals surface area contributed by atoms with Gasteiger partial charge in [-0.1, -0.05) is 12.1 Å². The maximum Gasteiger partial charge on any atom is 0.227 e. The summed E-state index contributed by atoms with van der Waals surface area (Å²) in [6, 6.07) is 15.4. The molecule has 2 aromatic carbocycles. The van der Waals surface area contributed by atoms with Gasteiger partial charge in [-0.2, -0.15) is 0 Å². The average molecular weight is 405 g/mol. The van der Waals surface area contributed by atoms with Crippen molar-refractivity contribution in [2.24, 2.45) is 0 Å². The number of Topliss-reactive ketones (excluding diaryl/α,β-unsaturated/α-hetero) is 1. The molecule has 0 aromatic heterocycles. The fraction of sp³-hybridized carbons (Fsp3) is 0.375. The summed E-state index contributed by atoms with van der Waals surface area (Å²) in [4.78, 5) is 42.0. The lowest BCUT2D eigenvalue weighted by Gasteiger charge is -2.36. The largest absolute Gasteiger partial charge is 0.368 e. The molecule has 0 radical (unpaired) electrons. The van der Waals surface area contributed by atoms with Crippen LogP contribution in [-0.4, -0.2) is 55.2 Å². The minimum atomic E-state index is 0.0667. The first-order chi connectivity index (χ1) is 14.5. The monoisotopic (exact) mass is 405 g/mol. The zero-order valence-corrected chi connectivity index (χ0v) is 17.3. The molecule has 2 aliphatic rings. The summed E-state index contributed by atoms with van der Waals surface area (Å²) < 4.78 is 0. The Morgan fingerprint density at radius 3 is 2.03 bits per heavy atom. The summed E-state index contributed by atoms with van der Waals surface area (Å²) in [5.41, 5.74) is 3.68. The van der Waals surface area contributed by atoms with E-state index in [1.54, 1.807) is 6.92 Å². The molecule has 0 bridgehead atoms. The molecular weight excluding hydrogens is 378 g/mol. The number of ketones is 1. The van der Waals surface area contributed by atoms with Crippen LogP contribution in [0.5, 0.6) is 0 Å². The SMILES string of the molecule is CC(=O)c1ccc(N2CCN(C(=O)Cc3ccc(N4CCCC4=O)cc3)CC2)cc1. The molecule has 2 heterocycles. The summed E-state index contributed by atoms with van der Waals surface area (Å²) >= 11 is 0. The van der Waals surface area contributed by atoms with Crippen molar-refractivity contribution in [3.05, 3.63) is 59.7 Å². The molecule has 156 valence electrons. The molecule has 0 aliphatic carbocycles. The van der Waals surface area contributed by atoms with Crippen molar-refractivity contribution in [2.45, 2.75) is 26.2 Å². The van der Waals surface area contributed by atoms with Crippen LogP contribution >= 0.6 is 0 Å². The van der Waals surface area contributed by atoms with Gasteiger partial charge < -0.3 is 14.7 Å². The van der Waals surface area contributed by atoms with E-state index in [9.17, 15) is 14.4 Å². The molecule has 0 saturated carbocycles. The van der Waals surface area contributed by atoms with Crippen molar-refractivity contribution in [2.75, 3.05) is 42.5 Å². The maximum atomic E-state index is 12.7. The smallest absolute Gasteiger partial charge is 0.227 e. The van der Waals surface area contributed by atoms with Gasteiger partial charge in [-0.15, -0.1) is 0 Å². The van der Waals surface area contributed by atoms with Crippen LogP contribution in [0.4, 0.5) is 11.4 Å². The molecule has 2 fully saturated rings. The molecule has 2 aliphatic heterocycles. The molecule has 0 spiro atoms. The van der Waals surface area contributed by atoms with Crippen LogP contribution < -0.4 is 9.80 Å². The zero-order valence-electron chi connectivity index (χ0n) is 17.3. The van der Waals surface area contributed by atoms with Crippen LogP contribution in [0.2, 0.25) is 0 Å². The Morgan fingerprint density at radius 1 is 0.833 bits per heavy atom. The molecule has 2 saturated heterocycles. The van der Waals surface area contributed by atoms with Crippen molar-refractivity contribution in [3.63, 3.8) is 0 Å². The lowest BCUT2D eigenvalue weighted by molar-refractivity contribution is -0.130. The van der Waals surface area contributed by atoms with E-state index in [1.165, 1.54) is 0 Å². The Balaban J connectivity index is 1.30. The molecule has 4 rings (SSSR count). The van der Waals surface area contributed by atoms with Gasteiger partial charge in [0.25, 0.3) is 0 Å². The summed E-state index contributed by atoms with van der Waals surface area (Å²) in [5.74, 6) is 0.372. The maximum absolute atomic E-state index is 12.7. The minimum absolute atomic E-state index is 0.0667. The number of carbonyl (C=O) groups excluding carboxylic acids is 3. The molecule has 0 unspecified atom stereocenters. The quantitative estimate of drug-likeness (QED) is 0.718. The molecule has 6 nitrogen and oxygen atoms in total. The molecule has 0 N–H and O–H groups in total. The third kappa shape index (κ3) is 4.37. The first kappa shape index (κ1) is 20.1. The van der Waals surface area contributed by atoms with E-state index in [2.05, 4.69) is 4.90 Å². The van der Waals surface area contributed by atoms with Crippen LogP contribution in [0, 0.1) is 0 Å². The van der Waals surface area contributed by atoms with Crippen LogP contribution in [0.15, 0.2) is 48.5 Å². The fourth-order valence-corrected chi connectivity index (χ4v) is 4.12. The Labute approximate surface area is 177 Å². The third-order valence-electron chi connectivity index (χ3n) is 5.95. The highest BCUT2D eigenvalue weighted by molar-refractivity contribution is 5.95. The number of amides is 2. The average Bonchev–Trinajstić information content (AvgIpc) is 3.20. The predicted octanol–water partition coefficient (Wildman–Crippen LogP) is 2.91. The molecule has 6 heteroatoms. The fourth-order valence-electron chi connectivity index (χ4n) is 4.12. The van der Waals surface area contributed by atoms with Crippen molar-refractivity contribution in [3.8, 4) is 0 Å². The topological polar surface area (TPSA) is 60.9 Å². The van der Waals surface area contributed by atoms with E-state index in [0.717, 1.165) is 43.0 Å². The second-order valence-corrected chi connectivity index (χ2v) is 7.96. The predicted molar refractivity (Wildman–Crippen MR) is 117 cm³/mol. The molecule has 30 heavy (non-hydrogen) atoms. The summed E-state index contributed by atoms with van der Waals surface area (Å²) in [6.07, 6.45) is 1.90. The molecule has 2 aromatic rings. The van der Waals surface area contributed by atoms with Gasteiger partial charge in [-0.3, -0.25) is 14.4 Å². The standard InChI is InChI=1S/C24H27N3O3/c1-18(28)20-6-10-21(11-7-20)25-13-15-26(16-14-25)24(30)17-19-4-8-22(9-5-19)27-12-2-3-23(27)29/h4-11H,2-3,12-17H2,1H3. The van der Waals surface area contributed by atoms with Crippen LogP contribution in [0.1, 0.15) is 35.7 Å². The number of rotatable bonds is 5. The second-order valence-electron chi connectivity index (χ2n) is 7.96. The van der Waals surface area contributed by atoms with E-state index in [1.807, 2.05) is 58.3 Å². The number of piperazine rings is 1. The van der Waals surface area contributed by atoms with E-state index in [0.29, 0.717) is 31.5 Å². The molecular formula is C24H27N3O3. The van der Waals surface area contributed by atoms with Gasteiger partial charge in [-0.05, 0) is 55.3 Å². The second kappa shape index (κ2) is 8.69. The highest BCUT2D eigenvalue weighted by atomic mass is 16.2. The number of hydrogen-bond acceptors (Lipinski definition) is 4. The van der Waals surface area contributed by atoms with Crippen molar-refractivity contribution in [1.82, 2.24) is 4.90 Å². The summed E-state index contributed by atoms with van der Waals surface area (Å²) in [7, 11) is 0. The Kier molecular flexibility index (Phi) is 5.84. The lowest BCUT2D eigenvalue weighted by Crippen LogP contribution is -2.49. The highest BCUT2D eigenvalue weighted by Crippen LogP contribution is 2.22. The summed E-state index contributed by atoms with van der Waals surface area (Å²) in [6.45, 7) is 5.28. The van der Waals surface area contributed by atoms with Crippen LogP contribution in [0.3, 0.4) is 0 Å². The number of hydrogen-bond donors (Lipinski definition) is 0. The zero-order chi connectivity index (χ0) is 21.1. The van der Waals surface area contributed by atoms with E-state index >= 15 is 0 Å². The van der Waals surface area contributed by atoms with Gasteiger partial charge in [0.15, 0.2) is 5.78 Å². The molecule has 0 atom stereocenters. The number of anilines is 2. The summed E-state index contributed by atoms with van der Waals surface area (Å²) in [5, 5.41) is 0. The van der Waals surface area contributed by atoms with Gasteiger partial charge in [0.05, 0.1) is 6.42 Å². The normalized spacial score (nSPS) is 16.8. The molecule has 2 amide bonds. The lowest BCUT2D eigenvalue weighted by atomic mass is 10.1. The third-order valence-corrected chi connectivity index (χ3v) is 5.95. The van der Waals surface area contributed by atoms with E-state index in [-0.39, 0.29) is 17.6 Å². The van der Waals surface area contributed by atoms with Crippen LogP contribution in [0.25, 0.3) is 0 Å². The minimum Gasteiger partial charge on any atom is -0.368 e.